The van der Waals surface area contributed by atoms with Crippen molar-refractivity contribution in [3.05, 3.63) is 0 Å². The molecule has 0 bridgehead atoms. The molecule has 0 aromatic rings. The van der Waals surface area contributed by atoms with Crippen LogP contribution in [-0.2, 0) is 9.59 Å². The smallest absolute Gasteiger partial charge is 0.223 e. The second-order valence-electron chi connectivity index (χ2n) is 8.30. The molecule has 1 aliphatic heterocycles. The summed E-state index contributed by atoms with van der Waals surface area (Å²) in [5.74, 6) is 0.415. The lowest BCUT2D eigenvalue weighted by molar-refractivity contribution is -0.132. The lowest BCUT2D eigenvalue weighted by Gasteiger charge is -2.33. The Kier molecular flexibility index (Phi) is 8.37. The van der Waals surface area contributed by atoms with Crippen molar-refractivity contribution in [2.45, 2.75) is 64.8 Å². The molecule has 2 fully saturated rings. The molecule has 0 unspecified atom stereocenters. The third-order valence-electron chi connectivity index (χ3n) is 5.70. The third-order valence-corrected chi connectivity index (χ3v) is 5.70. The Balaban J connectivity index is 1.87. The van der Waals surface area contributed by atoms with Crippen LogP contribution in [-0.4, -0.2) is 67.3 Å². The predicted octanol–water partition coefficient (Wildman–Crippen LogP) is 2.30. The quantitative estimate of drug-likeness (QED) is 0.729. The minimum absolute atomic E-state index is 0.0632. The Hall–Kier alpha value is -0.940. The first-order valence-electron chi connectivity index (χ1n) is 10.2. The van der Waals surface area contributed by atoms with Crippen LogP contribution < -0.4 is 5.32 Å². The van der Waals surface area contributed by atoms with Crippen LogP contribution in [0.2, 0.25) is 0 Å². The number of Topliss-reactive ketones (excluding diaryl/α,β-unsaturated/α-hetero) is 1. The summed E-state index contributed by atoms with van der Waals surface area (Å²) in [6.07, 6.45) is 6.86. The van der Waals surface area contributed by atoms with Gasteiger partial charge in [-0.2, -0.15) is 0 Å². The van der Waals surface area contributed by atoms with Crippen LogP contribution in [0.25, 0.3) is 0 Å². The van der Waals surface area contributed by atoms with E-state index in [1.807, 2.05) is 13.8 Å². The van der Waals surface area contributed by atoms with Crippen LogP contribution >= 0.6 is 0 Å². The number of rotatable bonds is 8. The van der Waals surface area contributed by atoms with E-state index in [1.165, 1.54) is 19.3 Å². The maximum absolute atomic E-state index is 12.7. The second-order valence-corrected chi connectivity index (χ2v) is 8.30. The molecule has 0 spiro atoms. The molecule has 1 aliphatic carbocycles. The predicted molar refractivity (Wildman–Crippen MR) is 102 cm³/mol. The summed E-state index contributed by atoms with van der Waals surface area (Å²) in [5.41, 5.74) is 0. The maximum Gasteiger partial charge on any atom is 0.223 e. The van der Waals surface area contributed by atoms with Crippen molar-refractivity contribution in [3.8, 4) is 0 Å². The standard InChI is InChI=1S/C20H37N3O2/c1-16(2)21-20(25)18(9-10-23-13-11-22(3)12-14-23)15-19(24)17-7-5-4-6-8-17/h16-18H,4-15H2,1-3H3,(H,21,25)/t18-/m1/s1. The number of hydrogen-bond donors (Lipinski definition) is 1. The van der Waals surface area contributed by atoms with Gasteiger partial charge in [0.1, 0.15) is 5.78 Å². The zero-order valence-corrected chi connectivity index (χ0v) is 16.4. The molecule has 25 heavy (non-hydrogen) atoms. The molecule has 5 heteroatoms. The number of carbonyl (C=O) groups excluding carboxylic acids is 2. The van der Waals surface area contributed by atoms with Crippen LogP contribution in [0.3, 0.4) is 0 Å². The fourth-order valence-electron chi connectivity index (χ4n) is 3.97. The normalized spacial score (nSPS) is 22.1. The van der Waals surface area contributed by atoms with E-state index in [9.17, 15) is 9.59 Å². The van der Waals surface area contributed by atoms with Gasteiger partial charge < -0.3 is 15.1 Å². The summed E-state index contributed by atoms with van der Waals surface area (Å²) < 4.78 is 0. The van der Waals surface area contributed by atoms with Crippen LogP contribution in [0, 0.1) is 11.8 Å². The van der Waals surface area contributed by atoms with E-state index in [4.69, 9.17) is 0 Å². The average molecular weight is 352 g/mol. The molecular formula is C20H37N3O2. The fourth-order valence-corrected chi connectivity index (χ4v) is 3.97. The van der Waals surface area contributed by atoms with Gasteiger partial charge in [0.15, 0.2) is 0 Å². The number of amides is 1. The van der Waals surface area contributed by atoms with Crippen molar-refractivity contribution >= 4 is 11.7 Å². The van der Waals surface area contributed by atoms with E-state index in [2.05, 4.69) is 22.2 Å². The molecule has 0 aromatic heterocycles. The van der Waals surface area contributed by atoms with Crippen molar-refractivity contribution in [1.82, 2.24) is 15.1 Å². The Bertz CT molecular complexity index is 425. The summed E-state index contributed by atoms with van der Waals surface area (Å²) >= 11 is 0. The van der Waals surface area contributed by atoms with E-state index in [0.717, 1.165) is 52.0 Å². The van der Waals surface area contributed by atoms with E-state index in [-0.39, 0.29) is 23.8 Å². The van der Waals surface area contributed by atoms with Crippen molar-refractivity contribution in [2.24, 2.45) is 11.8 Å². The SMILES string of the molecule is CC(C)NC(=O)[C@H](CCN1CCN(C)CC1)CC(=O)C1CCCCC1. The zero-order chi connectivity index (χ0) is 18.2. The van der Waals surface area contributed by atoms with Crippen molar-refractivity contribution in [3.63, 3.8) is 0 Å². The summed E-state index contributed by atoms with van der Waals surface area (Å²) in [6.45, 7) is 9.18. The fraction of sp³-hybridized carbons (Fsp3) is 0.900. The summed E-state index contributed by atoms with van der Waals surface area (Å²) in [6, 6.07) is 0.128. The number of nitrogens with one attached hydrogen (secondary N) is 1. The summed E-state index contributed by atoms with van der Waals surface area (Å²) in [4.78, 5) is 30.1. The number of piperazine rings is 1. The largest absolute Gasteiger partial charge is 0.354 e. The van der Waals surface area contributed by atoms with E-state index in [1.54, 1.807) is 0 Å². The number of nitrogens with zero attached hydrogens (tertiary/aromatic N) is 2. The lowest BCUT2D eigenvalue weighted by atomic mass is 9.82. The van der Waals surface area contributed by atoms with Crippen LogP contribution in [0.1, 0.15) is 58.8 Å². The maximum atomic E-state index is 12.7. The van der Waals surface area contributed by atoms with Gasteiger partial charge in [-0.1, -0.05) is 19.3 Å². The zero-order valence-electron chi connectivity index (χ0n) is 16.4. The molecule has 0 radical (unpaired) electrons. The summed E-state index contributed by atoms with van der Waals surface area (Å²) in [5, 5.41) is 3.03. The number of likely N-dealkylation sites (N-methyl/N-ethyl adjacent to an activating group) is 1. The first-order valence-corrected chi connectivity index (χ1v) is 10.2. The number of ketones is 1. The molecule has 1 amide bonds. The highest BCUT2D eigenvalue weighted by Gasteiger charge is 2.28. The van der Waals surface area contributed by atoms with Gasteiger partial charge in [-0.15, -0.1) is 0 Å². The van der Waals surface area contributed by atoms with E-state index >= 15 is 0 Å². The average Bonchev–Trinajstić information content (AvgIpc) is 2.60. The van der Waals surface area contributed by atoms with Crippen molar-refractivity contribution < 1.29 is 9.59 Å². The van der Waals surface area contributed by atoms with Gasteiger partial charge >= 0.3 is 0 Å². The first-order chi connectivity index (χ1) is 12.0. The third kappa shape index (κ3) is 7.06. The minimum atomic E-state index is -0.170. The molecule has 0 aromatic carbocycles. The van der Waals surface area contributed by atoms with Gasteiger partial charge in [0, 0.05) is 50.5 Å². The number of hydrogen-bond acceptors (Lipinski definition) is 4. The highest BCUT2D eigenvalue weighted by atomic mass is 16.2. The molecule has 2 aliphatic rings. The second kappa shape index (κ2) is 10.3. The van der Waals surface area contributed by atoms with E-state index in [0.29, 0.717) is 12.2 Å². The monoisotopic (exact) mass is 351 g/mol. The summed E-state index contributed by atoms with van der Waals surface area (Å²) in [7, 11) is 2.15. The van der Waals surface area contributed by atoms with Gasteiger partial charge in [0.05, 0.1) is 0 Å². The van der Waals surface area contributed by atoms with Crippen LogP contribution in [0.4, 0.5) is 0 Å². The van der Waals surface area contributed by atoms with Gasteiger partial charge in [-0.05, 0) is 46.7 Å². The molecule has 1 N–H and O–H groups in total. The van der Waals surface area contributed by atoms with Gasteiger partial charge in [0.2, 0.25) is 5.91 Å². The molecule has 1 saturated carbocycles. The Labute approximate surface area is 153 Å². The molecule has 5 nitrogen and oxygen atoms in total. The molecule has 1 saturated heterocycles. The highest BCUT2D eigenvalue weighted by Crippen LogP contribution is 2.27. The van der Waals surface area contributed by atoms with Gasteiger partial charge in [-0.25, -0.2) is 0 Å². The van der Waals surface area contributed by atoms with E-state index < -0.39 is 0 Å². The first kappa shape index (κ1) is 20.4. The molecule has 1 heterocycles. The van der Waals surface area contributed by atoms with Gasteiger partial charge in [-0.3, -0.25) is 9.59 Å². The van der Waals surface area contributed by atoms with Crippen molar-refractivity contribution in [2.75, 3.05) is 39.8 Å². The Morgan fingerprint density at radius 1 is 1.04 bits per heavy atom. The van der Waals surface area contributed by atoms with Gasteiger partial charge in [0.25, 0.3) is 0 Å². The molecular weight excluding hydrogens is 314 g/mol. The van der Waals surface area contributed by atoms with Crippen LogP contribution in [0.15, 0.2) is 0 Å². The highest BCUT2D eigenvalue weighted by molar-refractivity contribution is 5.88. The van der Waals surface area contributed by atoms with Crippen LogP contribution in [0.5, 0.6) is 0 Å². The van der Waals surface area contributed by atoms with Crippen molar-refractivity contribution in [1.29, 1.82) is 0 Å². The minimum Gasteiger partial charge on any atom is -0.354 e. The molecule has 1 atom stereocenters. The Morgan fingerprint density at radius 2 is 1.68 bits per heavy atom. The molecule has 144 valence electrons. The molecule has 2 rings (SSSR count). The lowest BCUT2D eigenvalue weighted by Crippen LogP contribution is -2.46. The topological polar surface area (TPSA) is 52.7 Å². The number of carbonyl (C=O) groups is 2. The Morgan fingerprint density at radius 3 is 2.28 bits per heavy atom.